The van der Waals surface area contributed by atoms with Crippen molar-refractivity contribution in [2.75, 3.05) is 36.0 Å². The first-order valence-corrected chi connectivity index (χ1v) is 12.8. The number of ketones is 1. The number of carbonyl (C=O) groups is 1. The van der Waals surface area contributed by atoms with Crippen LogP contribution < -0.4 is 9.80 Å². The largest absolute Gasteiger partial charge is 0.352 e. The Morgan fingerprint density at radius 3 is 2.28 bits per heavy atom. The summed E-state index contributed by atoms with van der Waals surface area (Å²) >= 11 is 0. The van der Waals surface area contributed by atoms with E-state index in [1.165, 1.54) is 0 Å². The summed E-state index contributed by atoms with van der Waals surface area (Å²) in [5, 5.41) is 0. The molecule has 2 aromatic carbocycles. The van der Waals surface area contributed by atoms with Crippen LogP contribution in [0.5, 0.6) is 0 Å². The lowest BCUT2D eigenvalue weighted by atomic mass is 10.00. The number of rotatable bonds is 9. The highest BCUT2D eigenvalue weighted by molar-refractivity contribution is 5.83. The molecule has 2 aromatic heterocycles. The molecule has 1 aliphatic heterocycles. The smallest absolute Gasteiger partial charge is 0.147 e. The van der Waals surface area contributed by atoms with Gasteiger partial charge in [0.05, 0.1) is 23.4 Å². The second kappa shape index (κ2) is 11.2. The van der Waals surface area contributed by atoms with Crippen molar-refractivity contribution in [3.05, 3.63) is 72.8 Å². The van der Waals surface area contributed by atoms with Crippen molar-refractivity contribution in [2.45, 2.75) is 39.0 Å². The van der Waals surface area contributed by atoms with E-state index in [4.69, 9.17) is 4.98 Å². The maximum Gasteiger partial charge on any atom is 0.147 e. The van der Waals surface area contributed by atoms with Crippen LogP contribution in [0.1, 0.15) is 38.2 Å². The molecule has 7 nitrogen and oxygen atoms in total. The highest BCUT2D eigenvalue weighted by atomic mass is 16.1. The molecule has 0 bridgehead atoms. The first-order valence-electron chi connectivity index (χ1n) is 12.8. The Hall–Kier alpha value is -3.87. The monoisotopic (exact) mass is 480 g/mol. The molecule has 0 aliphatic carbocycles. The summed E-state index contributed by atoms with van der Waals surface area (Å²) in [6, 6.07) is 14.5. The minimum Gasteiger partial charge on any atom is -0.352 e. The van der Waals surface area contributed by atoms with Crippen LogP contribution in [0.4, 0.5) is 11.6 Å². The fourth-order valence-electron chi connectivity index (χ4n) is 4.66. The number of Topliss-reactive ketones (excluding diaryl/α,β-unsaturated/α-hetero) is 1. The van der Waals surface area contributed by atoms with Crippen LogP contribution >= 0.6 is 0 Å². The third kappa shape index (κ3) is 5.67. The number of unbranched alkanes of at least 4 members (excludes halogenated alkanes) is 2. The molecular formula is C29H32N6O. The molecule has 0 amide bonds. The Balaban J connectivity index is 1.26. The molecule has 0 unspecified atom stereocenters. The molecule has 0 spiro atoms. The summed E-state index contributed by atoms with van der Waals surface area (Å²) in [6.45, 7) is 5.60. The number of carbonyl (C=O) groups excluding carboxylic acids is 1. The number of fused-ring (bicyclic) bond motifs is 1. The number of piperazine rings is 1. The number of aromatic nitrogens is 4. The molecule has 1 fully saturated rings. The lowest BCUT2D eigenvalue weighted by Gasteiger charge is -2.35. The zero-order valence-corrected chi connectivity index (χ0v) is 20.8. The van der Waals surface area contributed by atoms with E-state index < -0.39 is 0 Å². The van der Waals surface area contributed by atoms with Crippen molar-refractivity contribution < 1.29 is 4.79 Å². The van der Waals surface area contributed by atoms with Crippen LogP contribution in [0.15, 0.2) is 67.3 Å². The molecule has 0 N–H and O–H groups in total. The Labute approximate surface area is 212 Å². The van der Waals surface area contributed by atoms with E-state index in [0.29, 0.717) is 18.6 Å². The van der Waals surface area contributed by atoms with Gasteiger partial charge in [-0.2, -0.15) is 0 Å². The van der Waals surface area contributed by atoms with E-state index in [2.05, 4.69) is 68.1 Å². The zero-order valence-electron chi connectivity index (χ0n) is 20.8. The maximum absolute atomic E-state index is 12.2. The minimum absolute atomic E-state index is 0.322. The summed E-state index contributed by atoms with van der Waals surface area (Å²) in [7, 11) is 0. The van der Waals surface area contributed by atoms with Gasteiger partial charge in [-0.15, -0.1) is 0 Å². The van der Waals surface area contributed by atoms with Crippen molar-refractivity contribution in [3.8, 4) is 11.1 Å². The van der Waals surface area contributed by atoms with Gasteiger partial charge in [0.25, 0.3) is 0 Å². The molecule has 0 radical (unpaired) electrons. The van der Waals surface area contributed by atoms with E-state index >= 15 is 0 Å². The molecule has 1 saturated heterocycles. The number of benzene rings is 2. The van der Waals surface area contributed by atoms with Gasteiger partial charge in [0, 0.05) is 51.4 Å². The first-order chi connectivity index (χ1) is 17.7. The minimum atomic E-state index is 0.322. The van der Waals surface area contributed by atoms with E-state index in [9.17, 15) is 4.79 Å². The molecule has 4 aromatic rings. The number of hydrogen-bond acceptors (Lipinski definition) is 7. The van der Waals surface area contributed by atoms with Gasteiger partial charge in [-0.05, 0) is 35.2 Å². The topological polar surface area (TPSA) is 75.1 Å². The van der Waals surface area contributed by atoms with Gasteiger partial charge in [-0.1, -0.05) is 50.1 Å². The Morgan fingerprint density at radius 1 is 0.806 bits per heavy atom. The lowest BCUT2D eigenvalue weighted by Crippen LogP contribution is -2.47. The molecule has 5 rings (SSSR count). The second-order valence-electron chi connectivity index (χ2n) is 9.34. The van der Waals surface area contributed by atoms with E-state index in [1.54, 1.807) is 12.4 Å². The maximum atomic E-state index is 12.2. The van der Waals surface area contributed by atoms with Crippen LogP contribution in [0.3, 0.4) is 0 Å². The average molecular weight is 481 g/mol. The molecule has 7 heteroatoms. The summed E-state index contributed by atoms with van der Waals surface area (Å²) in [5.74, 6) is 2.14. The number of anilines is 2. The third-order valence-electron chi connectivity index (χ3n) is 6.75. The quantitative estimate of drug-likeness (QED) is 0.308. The summed E-state index contributed by atoms with van der Waals surface area (Å²) in [4.78, 5) is 34.9. The lowest BCUT2D eigenvalue weighted by molar-refractivity contribution is -0.118. The van der Waals surface area contributed by atoms with E-state index in [-0.39, 0.29) is 0 Å². The molecule has 36 heavy (non-hydrogen) atoms. The van der Waals surface area contributed by atoms with Gasteiger partial charge < -0.3 is 9.80 Å². The van der Waals surface area contributed by atoms with Crippen LogP contribution in [0, 0.1) is 0 Å². The average Bonchev–Trinajstić information content (AvgIpc) is 2.93. The number of hydrogen-bond donors (Lipinski definition) is 0. The van der Waals surface area contributed by atoms with Gasteiger partial charge in [0.1, 0.15) is 17.4 Å². The van der Waals surface area contributed by atoms with Gasteiger partial charge >= 0.3 is 0 Å². The van der Waals surface area contributed by atoms with E-state index in [0.717, 1.165) is 84.8 Å². The zero-order chi connectivity index (χ0) is 24.7. The molecular weight excluding hydrogens is 448 g/mol. The highest BCUT2D eigenvalue weighted by Gasteiger charge is 2.19. The van der Waals surface area contributed by atoms with Gasteiger partial charge in [0.2, 0.25) is 0 Å². The standard InChI is InChI=1S/C29H32N6O/c1-2-3-4-5-25(36)18-22-6-8-23(9-7-22)24-10-11-26-27(19-24)33-29(21-32-26)35-16-14-34(15-17-35)28-20-30-12-13-31-28/h6-13,19-21H,2-5,14-18H2,1H3. The second-order valence-corrected chi connectivity index (χ2v) is 9.34. The third-order valence-corrected chi connectivity index (χ3v) is 6.75. The van der Waals surface area contributed by atoms with Crippen molar-refractivity contribution in [3.63, 3.8) is 0 Å². The fourth-order valence-corrected chi connectivity index (χ4v) is 4.66. The van der Waals surface area contributed by atoms with Crippen LogP contribution in [-0.2, 0) is 11.2 Å². The molecule has 0 saturated carbocycles. The van der Waals surface area contributed by atoms with Crippen molar-refractivity contribution in [1.82, 2.24) is 19.9 Å². The molecule has 3 heterocycles. The number of nitrogens with zero attached hydrogens (tertiary/aromatic N) is 6. The van der Waals surface area contributed by atoms with Crippen LogP contribution in [0.25, 0.3) is 22.2 Å². The summed E-state index contributed by atoms with van der Waals surface area (Å²) in [5.41, 5.74) is 5.06. The highest BCUT2D eigenvalue weighted by Crippen LogP contribution is 2.25. The van der Waals surface area contributed by atoms with Crippen molar-refractivity contribution in [1.29, 1.82) is 0 Å². The van der Waals surface area contributed by atoms with Crippen LogP contribution in [-0.4, -0.2) is 51.9 Å². The van der Waals surface area contributed by atoms with Gasteiger partial charge in [-0.3, -0.25) is 14.8 Å². The SMILES string of the molecule is CCCCCC(=O)Cc1ccc(-c2ccc3ncc(N4CCN(c5cnccn5)CC4)nc3c2)cc1. The normalized spacial score (nSPS) is 13.8. The first kappa shape index (κ1) is 23.9. The van der Waals surface area contributed by atoms with Crippen molar-refractivity contribution in [2.24, 2.45) is 0 Å². The Morgan fingerprint density at radius 2 is 1.56 bits per heavy atom. The van der Waals surface area contributed by atoms with E-state index in [1.807, 2.05) is 18.5 Å². The summed E-state index contributed by atoms with van der Waals surface area (Å²) in [6.07, 6.45) is 11.6. The summed E-state index contributed by atoms with van der Waals surface area (Å²) < 4.78 is 0. The van der Waals surface area contributed by atoms with Crippen LogP contribution in [0.2, 0.25) is 0 Å². The van der Waals surface area contributed by atoms with Gasteiger partial charge in [0.15, 0.2) is 0 Å². The van der Waals surface area contributed by atoms with Gasteiger partial charge in [-0.25, -0.2) is 9.97 Å². The molecule has 1 aliphatic rings. The molecule has 184 valence electrons. The Bertz CT molecular complexity index is 1300. The fraction of sp³-hybridized carbons (Fsp3) is 0.345. The Kier molecular flexibility index (Phi) is 7.45. The predicted octanol–water partition coefficient (Wildman–Crippen LogP) is 5.11. The molecule has 0 atom stereocenters. The predicted molar refractivity (Wildman–Crippen MR) is 144 cm³/mol. The van der Waals surface area contributed by atoms with Crippen molar-refractivity contribution >= 4 is 28.5 Å².